The summed E-state index contributed by atoms with van der Waals surface area (Å²) in [7, 11) is 1.61. The van der Waals surface area contributed by atoms with Crippen LogP contribution in [-0.2, 0) is 0 Å². The summed E-state index contributed by atoms with van der Waals surface area (Å²) in [5.74, 6) is 1.46. The Bertz CT molecular complexity index is 385. The zero-order valence-corrected chi connectivity index (χ0v) is 11.5. The van der Waals surface area contributed by atoms with E-state index >= 15 is 0 Å². The molecule has 100 valence electrons. The van der Waals surface area contributed by atoms with Gasteiger partial charge in [-0.25, -0.2) is 0 Å². The Kier molecular flexibility index (Phi) is 6.26. The van der Waals surface area contributed by atoms with E-state index in [4.69, 9.17) is 9.47 Å². The molecule has 0 saturated heterocycles. The molecule has 1 aromatic carbocycles. The molecule has 0 fully saturated rings. The molecule has 0 amide bonds. The van der Waals surface area contributed by atoms with Gasteiger partial charge < -0.3 is 9.47 Å². The van der Waals surface area contributed by atoms with Crippen LogP contribution in [0.2, 0.25) is 0 Å². The summed E-state index contributed by atoms with van der Waals surface area (Å²) in [5, 5.41) is 0. The van der Waals surface area contributed by atoms with Gasteiger partial charge in [0, 0.05) is 12.0 Å². The standard InChI is InChI=1S/C15H22O3/c1-4-6-7-10-18-15-11-12(13(16)5-2)8-9-14(15)17-3/h8-9,11H,4-7,10H2,1-3H3. The van der Waals surface area contributed by atoms with E-state index in [-0.39, 0.29) is 5.78 Å². The van der Waals surface area contributed by atoms with Gasteiger partial charge in [0.05, 0.1) is 13.7 Å². The summed E-state index contributed by atoms with van der Waals surface area (Å²) in [6.07, 6.45) is 3.83. The van der Waals surface area contributed by atoms with Crippen molar-refractivity contribution in [3.8, 4) is 11.5 Å². The van der Waals surface area contributed by atoms with E-state index in [9.17, 15) is 4.79 Å². The number of hydrogen-bond donors (Lipinski definition) is 0. The molecule has 0 atom stereocenters. The number of ether oxygens (including phenoxy) is 2. The van der Waals surface area contributed by atoms with Crippen molar-refractivity contribution in [1.82, 2.24) is 0 Å². The fourth-order valence-corrected chi connectivity index (χ4v) is 1.70. The molecule has 0 unspecified atom stereocenters. The van der Waals surface area contributed by atoms with E-state index in [1.807, 2.05) is 6.92 Å². The lowest BCUT2D eigenvalue weighted by Gasteiger charge is -2.11. The van der Waals surface area contributed by atoms with Crippen LogP contribution in [0.4, 0.5) is 0 Å². The van der Waals surface area contributed by atoms with Crippen molar-refractivity contribution < 1.29 is 14.3 Å². The topological polar surface area (TPSA) is 35.5 Å². The van der Waals surface area contributed by atoms with Gasteiger partial charge in [-0.2, -0.15) is 0 Å². The number of carbonyl (C=O) groups excluding carboxylic acids is 1. The number of methoxy groups -OCH3 is 1. The minimum atomic E-state index is 0.121. The molecule has 18 heavy (non-hydrogen) atoms. The second kappa shape index (κ2) is 7.75. The Morgan fingerprint density at radius 1 is 1.17 bits per heavy atom. The monoisotopic (exact) mass is 250 g/mol. The molecule has 1 aromatic rings. The average Bonchev–Trinajstić information content (AvgIpc) is 2.42. The fraction of sp³-hybridized carbons (Fsp3) is 0.533. The molecular formula is C15H22O3. The first-order valence-corrected chi connectivity index (χ1v) is 6.57. The Morgan fingerprint density at radius 2 is 1.94 bits per heavy atom. The third kappa shape index (κ3) is 4.06. The number of ketones is 1. The quantitative estimate of drug-likeness (QED) is 0.519. The van der Waals surface area contributed by atoms with E-state index in [0.29, 0.717) is 30.1 Å². The van der Waals surface area contributed by atoms with E-state index in [1.165, 1.54) is 0 Å². The number of carbonyl (C=O) groups is 1. The minimum Gasteiger partial charge on any atom is -0.493 e. The average molecular weight is 250 g/mol. The Labute approximate surface area is 109 Å². The Hall–Kier alpha value is -1.51. The zero-order valence-electron chi connectivity index (χ0n) is 11.5. The zero-order chi connectivity index (χ0) is 13.4. The van der Waals surface area contributed by atoms with Crippen LogP contribution in [0.25, 0.3) is 0 Å². The molecule has 3 heteroatoms. The summed E-state index contributed by atoms with van der Waals surface area (Å²) in [6.45, 7) is 4.67. The molecule has 0 N–H and O–H groups in total. The highest BCUT2D eigenvalue weighted by molar-refractivity contribution is 5.96. The molecule has 0 aliphatic rings. The van der Waals surface area contributed by atoms with Gasteiger partial charge in [-0.1, -0.05) is 26.7 Å². The molecule has 0 spiro atoms. The van der Waals surface area contributed by atoms with Crippen LogP contribution in [0.15, 0.2) is 18.2 Å². The predicted octanol–water partition coefficient (Wildman–Crippen LogP) is 3.86. The lowest BCUT2D eigenvalue weighted by Crippen LogP contribution is -2.02. The van der Waals surface area contributed by atoms with Crippen LogP contribution in [0.1, 0.15) is 49.9 Å². The molecule has 0 aliphatic carbocycles. The number of rotatable bonds is 8. The van der Waals surface area contributed by atoms with Gasteiger partial charge in [-0.05, 0) is 24.6 Å². The summed E-state index contributed by atoms with van der Waals surface area (Å²) >= 11 is 0. The molecule has 0 heterocycles. The molecule has 0 radical (unpaired) electrons. The van der Waals surface area contributed by atoms with E-state index in [2.05, 4.69) is 6.92 Å². The van der Waals surface area contributed by atoms with Crippen molar-refractivity contribution >= 4 is 5.78 Å². The van der Waals surface area contributed by atoms with E-state index in [1.54, 1.807) is 25.3 Å². The second-order valence-electron chi connectivity index (χ2n) is 4.20. The first kappa shape index (κ1) is 14.6. The number of hydrogen-bond acceptors (Lipinski definition) is 3. The van der Waals surface area contributed by atoms with Gasteiger partial charge in [0.25, 0.3) is 0 Å². The van der Waals surface area contributed by atoms with Crippen LogP contribution < -0.4 is 9.47 Å². The number of Topliss-reactive ketones (excluding diaryl/α,β-unsaturated/α-hetero) is 1. The third-order valence-corrected chi connectivity index (χ3v) is 2.81. The highest BCUT2D eigenvalue weighted by Crippen LogP contribution is 2.28. The van der Waals surface area contributed by atoms with Crippen LogP contribution >= 0.6 is 0 Å². The molecule has 0 aromatic heterocycles. The van der Waals surface area contributed by atoms with Gasteiger partial charge in [-0.15, -0.1) is 0 Å². The van der Waals surface area contributed by atoms with E-state index < -0.39 is 0 Å². The van der Waals surface area contributed by atoms with Crippen molar-refractivity contribution in [3.63, 3.8) is 0 Å². The van der Waals surface area contributed by atoms with Gasteiger partial charge in [-0.3, -0.25) is 4.79 Å². The van der Waals surface area contributed by atoms with Crippen LogP contribution in [0, 0.1) is 0 Å². The summed E-state index contributed by atoms with van der Waals surface area (Å²) in [5.41, 5.74) is 0.684. The van der Waals surface area contributed by atoms with Crippen molar-refractivity contribution in [3.05, 3.63) is 23.8 Å². The number of benzene rings is 1. The summed E-state index contributed by atoms with van der Waals surface area (Å²) in [4.78, 5) is 11.6. The lowest BCUT2D eigenvalue weighted by atomic mass is 10.1. The normalized spacial score (nSPS) is 10.2. The lowest BCUT2D eigenvalue weighted by molar-refractivity contribution is 0.0987. The van der Waals surface area contributed by atoms with Crippen molar-refractivity contribution in [2.45, 2.75) is 39.5 Å². The minimum absolute atomic E-state index is 0.121. The van der Waals surface area contributed by atoms with Gasteiger partial charge >= 0.3 is 0 Å². The molecule has 1 rings (SSSR count). The molecule has 3 nitrogen and oxygen atoms in total. The van der Waals surface area contributed by atoms with Gasteiger partial charge in [0.2, 0.25) is 0 Å². The highest BCUT2D eigenvalue weighted by atomic mass is 16.5. The van der Waals surface area contributed by atoms with Crippen molar-refractivity contribution in [2.24, 2.45) is 0 Å². The van der Waals surface area contributed by atoms with Crippen molar-refractivity contribution in [1.29, 1.82) is 0 Å². The summed E-state index contributed by atoms with van der Waals surface area (Å²) in [6, 6.07) is 5.35. The van der Waals surface area contributed by atoms with Gasteiger partial charge in [0.1, 0.15) is 0 Å². The van der Waals surface area contributed by atoms with Crippen molar-refractivity contribution in [2.75, 3.05) is 13.7 Å². The smallest absolute Gasteiger partial charge is 0.162 e. The molecule has 0 saturated carbocycles. The Morgan fingerprint density at radius 3 is 2.56 bits per heavy atom. The summed E-state index contributed by atoms with van der Waals surface area (Å²) < 4.78 is 10.9. The maximum atomic E-state index is 11.6. The molecular weight excluding hydrogens is 228 g/mol. The van der Waals surface area contributed by atoms with Gasteiger partial charge in [0.15, 0.2) is 17.3 Å². The van der Waals surface area contributed by atoms with Crippen LogP contribution in [0.3, 0.4) is 0 Å². The molecule has 0 aliphatic heterocycles. The highest BCUT2D eigenvalue weighted by Gasteiger charge is 2.09. The first-order valence-electron chi connectivity index (χ1n) is 6.57. The SMILES string of the molecule is CCCCCOc1cc(C(=O)CC)ccc1OC. The maximum absolute atomic E-state index is 11.6. The second-order valence-corrected chi connectivity index (χ2v) is 4.20. The number of unbranched alkanes of at least 4 members (excludes halogenated alkanes) is 2. The fourth-order valence-electron chi connectivity index (χ4n) is 1.70. The predicted molar refractivity (Wildman–Crippen MR) is 72.6 cm³/mol. The largest absolute Gasteiger partial charge is 0.493 e. The van der Waals surface area contributed by atoms with Crippen LogP contribution in [0.5, 0.6) is 11.5 Å². The third-order valence-electron chi connectivity index (χ3n) is 2.81. The Balaban J connectivity index is 2.75. The maximum Gasteiger partial charge on any atom is 0.162 e. The first-order chi connectivity index (χ1) is 8.72. The van der Waals surface area contributed by atoms with E-state index in [0.717, 1.165) is 19.3 Å². The van der Waals surface area contributed by atoms with Crippen LogP contribution in [-0.4, -0.2) is 19.5 Å². The molecule has 0 bridgehead atoms.